The summed E-state index contributed by atoms with van der Waals surface area (Å²) >= 11 is 12.1. The second-order valence-electron chi connectivity index (χ2n) is 4.04. The van der Waals surface area contributed by atoms with Gasteiger partial charge < -0.3 is 5.73 Å². The maximum absolute atomic E-state index is 12.2. The molecule has 0 aliphatic rings. The van der Waals surface area contributed by atoms with E-state index in [4.69, 9.17) is 28.9 Å². The van der Waals surface area contributed by atoms with Gasteiger partial charge in [0.1, 0.15) is 0 Å². The summed E-state index contributed by atoms with van der Waals surface area (Å²) in [5, 5.41) is 0.989. The monoisotopic (exact) mass is 294 g/mol. The number of carbonyl (C=O) groups excluding carboxylic acids is 1. The lowest BCUT2D eigenvalue weighted by atomic mass is 10.0. The zero-order chi connectivity index (χ0) is 13.8. The number of hydrogen-bond acceptors (Lipinski definition) is 3. The van der Waals surface area contributed by atoms with Crippen molar-refractivity contribution in [2.75, 3.05) is 0 Å². The van der Waals surface area contributed by atoms with Gasteiger partial charge in [0, 0.05) is 34.8 Å². The number of nitrogens with zero attached hydrogens (tertiary/aromatic N) is 1. The van der Waals surface area contributed by atoms with Crippen molar-refractivity contribution in [1.82, 2.24) is 4.98 Å². The largest absolute Gasteiger partial charge is 0.325 e. The predicted molar refractivity (Wildman–Crippen MR) is 76.6 cm³/mol. The minimum Gasteiger partial charge on any atom is -0.325 e. The van der Waals surface area contributed by atoms with Gasteiger partial charge >= 0.3 is 0 Å². The van der Waals surface area contributed by atoms with Crippen LogP contribution in [0.4, 0.5) is 0 Å². The Bertz CT molecular complexity index is 594. The van der Waals surface area contributed by atoms with Crippen molar-refractivity contribution in [1.29, 1.82) is 0 Å². The van der Waals surface area contributed by atoms with Gasteiger partial charge in [0.15, 0.2) is 5.78 Å². The van der Waals surface area contributed by atoms with Crippen LogP contribution in [0.1, 0.15) is 21.6 Å². The minimum atomic E-state index is -0.0629. The lowest BCUT2D eigenvalue weighted by Gasteiger charge is -2.07. The normalized spacial score (nSPS) is 10.5. The SMILES string of the molecule is NCc1cc(C(=O)Cc2c(Cl)cccc2Cl)ccn1. The fraction of sp³-hybridized carbons (Fsp3) is 0.143. The van der Waals surface area contributed by atoms with Crippen LogP contribution in [-0.2, 0) is 13.0 Å². The summed E-state index contributed by atoms with van der Waals surface area (Å²) in [6, 6.07) is 8.53. The average Bonchev–Trinajstić information content (AvgIpc) is 2.43. The molecule has 0 radical (unpaired) electrons. The van der Waals surface area contributed by atoms with Gasteiger partial charge in [0.05, 0.1) is 5.69 Å². The number of ketones is 1. The van der Waals surface area contributed by atoms with E-state index < -0.39 is 0 Å². The predicted octanol–water partition coefficient (Wildman–Crippen LogP) is 3.27. The fourth-order valence-electron chi connectivity index (χ4n) is 1.73. The zero-order valence-corrected chi connectivity index (χ0v) is 11.6. The Balaban J connectivity index is 2.25. The Morgan fingerprint density at radius 3 is 2.53 bits per heavy atom. The quantitative estimate of drug-likeness (QED) is 0.881. The van der Waals surface area contributed by atoms with Crippen LogP contribution in [0, 0.1) is 0 Å². The first-order valence-corrected chi connectivity index (χ1v) is 6.48. The molecule has 0 atom stereocenters. The molecular formula is C14H12Cl2N2O. The molecule has 0 bridgehead atoms. The standard InChI is InChI=1S/C14H12Cl2N2O/c15-12-2-1-3-13(16)11(12)7-14(19)9-4-5-18-10(6-9)8-17/h1-6H,7-8,17H2. The highest BCUT2D eigenvalue weighted by atomic mass is 35.5. The van der Waals surface area contributed by atoms with E-state index in [1.807, 2.05) is 0 Å². The first-order valence-electron chi connectivity index (χ1n) is 5.73. The lowest BCUT2D eigenvalue weighted by molar-refractivity contribution is 0.0993. The number of pyridine rings is 1. The van der Waals surface area contributed by atoms with Crippen LogP contribution in [0.25, 0.3) is 0 Å². The maximum atomic E-state index is 12.2. The van der Waals surface area contributed by atoms with Crippen LogP contribution in [-0.4, -0.2) is 10.8 Å². The van der Waals surface area contributed by atoms with Crippen LogP contribution >= 0.6 is 23.2 Å². The van der Waals surface area contributed by atoms with E-state index in [-0.39, 0.29) is 12.2 Å². The summed E-state index contributed by atoms with van der Waals surface area (Å²) in [5.41, 5.74) is 7.38. The molecule has 0 amide bonds. The summed E-state index contributed by atoms with van der Waals surface area (Å²) in [7, 11) is 0. The van der Waals surface area contributed by atoms with Gasteiger partial charge in [-0.25, -0.2) is 0 Å². The van der Waals surface area contributed by atoms with Crippen LogP contribution < -0.4 is 5.73 Å². The number of rotatable bonds is 4. The highest BCUT2D eigenvalue weighted by Gasteiger charge is 2.13. The highest BCUT2D eigenvalue weighted by molar-refractivity contribution is 6.36. The van der Waals surface area contributed by atoms with E-state index in [1.165, 1.54) is 0 Å². The van der Waals surface area contributed by atoms with Crippen molar-refractivity contribution in [3.63, 3.8) is 0 Å². The third kappa shape index (κ3) is 3.32. The van der Waals surface area contributed by atoms with E-state index in [1.54, 1.807) is 36.5 Å². The van der Waals surface area contributed by atoms with Crippen LogP contribution in [0.5, 0.6) is 0 Å². The zero-order valence-electron chi connectivity index (χ0n) is 10.1. The van der Waals surface area contributed by atoms with Crippen molar-refractivity contribution in [3.8, 4) is 0 Å². The van der Waals surface area contributed by atoms with Crippen molar-refractivity contribution in [2.45, 2.75) is 13.0 Å². The molecule has 0 saturated carbocycles. The Hall–Kier alpha value is -1.42. The number of benzene rings is 1. The third-order valence-corrected chi connectivity index (χ3v) is 3.45. The smallest absolute Gasteiger partial charge is 0.167 e. The maximum Gasteiger partial charge on any atom is 0.167 e. The number of Topliss-reactive ketones (excluding diaryl/α,β-unsaturated/α-hetero) is 1. The van der Waals surface area contributed by atoms with E-state index in [9.17, 15) is 4.79 Å². The van der Waals surface area contributed by atoms with Gasteiger partial charge in [0.25, 0.3) is 0 Å². The van der Waals surface area contributed by atoms with Crippen molar-refractivity contribution >= 4 is 29.0 Å². The van der Waals surface area contributed by atoms with Gasteiger partial charge in [-0.1, -0.05) is 29.3 Å². The molecule has 0 aliphatic carbocycles. The molecule has 2 aromatic rings. The lowest BCUT2D eigenvalue weighted by Crippen LogP contribution is -2.07. The Kier molecular flexibility index (Phi) is 4.53. The summed E-state index contributed by atoms with van der Waals surface area (Å²) < 4.78 is 0. The topological polar surface area (TPSA) is 56.0 Å². The molecule has 0 saturated heterocycles. The Morgan fingerprint density at radius 1 is 1.21 bits per heavy atom. The van der Waals surface area contributed by atoms with E-state index >= 15 is 0 Å². The summed E-state index contributed by atoms with van der Waals surface area (Å²) in [4.78, 5) is 16.3. The summed E-state index contributed by atoms with van der Waals surface area (Å²) in [6.45, 7) is 0.300. The molecule has 19 heavy (non-hydrogen) atoms. The van der Waals surface area contributed by atoms with Crippen molar-refractivity contribution in [3.05, 3.63) is 63.4 Å². The minimum absolute atomic E-state index is 0.0629. The van der Waals surface area contributed by atoms with Gasteiger partial charge in [0.2, 0.25) is 0 Å². The number of carbonyl (C=O) groups is 1. The van der Waals surface area contributed by atoms with Gasteiger partial charge in [-0.15, -0.1) is 0 Å². The van der Waals surface area contributed by atoms with E-state index in [0.29, 0.717) is 33.4 Å². The number of halogens is 2. The molecule has 5 heteroatoms. The first kappa shape index (κ1) is 14.0. The molecular weight excluding hydrogens is 283 g/mol. The molecule has 1 aromatic heterocycles. The molecule has 2 rings (SSSR count). The number of nitrogens with two attached hydrogens (primary N) is 1. The Labute approximate surface area is 121 Å². The molecule has 3 nitrogen and oxygen atoms in total. The fourth-order valence-corrected chi connectivity index (χ4v) is 2.26. The number of hydrogen-bond donors (Lipinski definition) is 1. The average molecular weight is 295 g/mol. The van der Waals surface area contributed by atoms with Gasteiger partial charge in [-0.05, 0) is 29.8 Å². The number of aromatic nitrogens is 1. The second kappa shape index (κ2) is 6.15. The van der Waals surface area contributed by atoms with Crippen molar-refractivity contribution < 1.29 is 4.79 Å². The van der Waals surface area contributed by atoms with Crippen LogP contribution in [0.2, 0.25) is 10.0 Å². The molecule has 0 unspecified atom stereocenters. The summed E-state index contributed by atoms with van der Waals surface area (Å²) in [5.74, 6) is -0.0629. The molecule has 98 valence electrons. The summed E-state index contributed by atoms with van der Waals surface area (Å²) in [6.07, 6.45) is 1.73. The van der Waals surface area contributed by atoms with Crippen LogP contribution in [0.15, 0.2) is 36.5 Å². The van der Waals surface area contributed by atoms with E-state index in [0.717, 1.165) is 0 Å². The molecule has 1 heterocycles. The molecule has 2 N–H and O–H groups in total. The molecule has 0 spiro atoms. The van der Waals surface area contributed by atoms with E-state index in [2.05, 4.69) is 4.98 Å². The van der Waals surface area contributed by atoms with Crippen molar-refractivity contribution in [2.24, 2.45) is 5.73 Å². The molecule has 0 fully saturated rings. The molecule has 1 aromatic carbocycles. The highest BCUT2D eigenvalue weighted by Crippen LogP contribution is 2.25. The van der Waals surface area contributed by atoms with Gasteiger partial charge in [-0.3, -0.25) is 9.78 Å². The third-order valence-electron chi connectivity index (χ3n) is 2.75. The molecule has 0 aliphatic heterocycles. The first-order chi connectivity index (χ1) is 9.11. The van der Waals surface area contributed by atoms with Crippen LogP contribution in [0.3, 0.4) is 0 Å². The second-order valence-corrected chi connectivity index (χ2v) is 4.85. The Morgan fingerprint density at radius 2 is 1.89 bits per heavy atom. The van der Waals surface area contributed by atoms with Gasteiger partial charge in [-0.2, -0.15) is 0 Å².